The number of guanidine groups is 1. The predicted octanol–water partition coefficient (Wildman–Crippen LogP) is 3.54. The molecule has 3 heterocycles. The number of amides is 2. The minimum atomic E-state index is -0.00706. The Morgan fingerprint density at radius 3 is 2.55 bits per heavy atom. The van der Waals surface area contributed by atoms with E-state index < -0.39 is 0 Å². The molecule has 1 fully saturated rings. The fourth-order valence-corrected chi connectivity index (χ4v) is 5.02. The molecule has 0 radical (unpaired) electrons. The first-order valence-corrected chi connectivity index (χ1v) is 13.5. The Morgan fingerprint density at radius 2 is 1.89 bits per heavy atom. The molecule has 0 atom stereocenters. The number of carbonyl (C=O) groups excluding carboxylic acids is 2. The minimum absolute atomic E-state index is 0.00706. The molecule has 4 rings (SSSR count). The van der Waals surface area contributed by atoms with Crippen LogP contribution in [0, 0.1) is 5.41 Å². The zero-order valence-corrected chi connectivity index (χ0v) is 22.7. The molecule has 38 heavy (non-hydrogen) atoms. The lowest BCUT2D eigenvalue weighted by molar-refractivity contribution is -0.130. The van der Waals surface area contributed by atoms with Gasteiger partial charge in [0.15, 0.2) is 0 Å². The molecular formula is C29H39N7O2. The Bertz CT molecular complexity index is 1240. The van der Waals surface area contributed by atoms with Crippen LogP contribution in [0.3, 0.4) is 0 Å². The number of rotatable bonds is 6. The highest BCUT2D eigenvalue weighted by Crippen LogP contribution is 2.21. The number of anilines is 1. The first kappa shape index (κ1) is 27.3. The van der Waals surface area contributed by atoms with E-state index in [0.29, 0.717) is 36.2 Å². The van der Waals surface area contributed by atoms with Crippen molar-refractivity contribution in [3.05, 3.63) is 65.3 Å². The zero-order chi connectivity index (χ0) is 27.1. The number of likely N-dealkylation sites (tertiary alicyclic amines) is 1. The fourth-order valence-electron chi connectivity index (χ4n) is 5.02. The smallest absolute Gasteiger partial charge is 0.253 e. The molecule has 9 nitrogen and oxygen atoms in total. The SMILES string of the molecule is CCCC(=O)N1CC=C(c2ccc[nH]/c2=N\C(=N)Nc2ccc(C(=O)N(C)C3CCN(C)CC3)cc2)CC1. The van der Waals surface area contributed by atoms with Crippen LogP contribution in [0.15, 0.2) is 53.7 Å². The molecule has 1 aromatic heterocycles. The number of piperidine rings is 1. The maximum Gasteiger partial charge on any atom is 0.253 e. The quantitative estimate of drug-likeness (QED) is 0.402. The topological polar surface area (TPSA) is 108 Å². The maximum absolute atomic E-state index is 13.0. The molecular weight excluding hydrogens is 478 g/mol. The third kappa shape index (κ3) is 6.77. The van der Waals surface area contributed by atoms with Crippen LogP contribution in [0.1, 0.15) is 54.9 Å². The number of carbonyl (C=O) groups is 2. The summed E-state index contributed by atoms with van der Waals surface area (Å²) in [5, 5.41) is 11.4. The van der Waals surface area contributed by atoms with Gasteiger partial charge in [-0.2, -0.15) is 4.99 Å². The molecule has 2 amide bonds. The second-order valence-electron chi connectivity index (χ2n) is 10.1. The second kappa shape index (κ2) is 12.7. The van der Waals surface area contributed by atoms with Gasteiger partial charge >= 0.3 is 0 Å². The number of pyridine rings is 1. The highest BCUT2D eigenvalue weighted by atomic mass is 16.2. The predicted molar refractivity (Wildman–Crippen MR) is 151 cm³/mol. The van der Waals surface area contributed by atoms with Crippen LogP contribution in [0.5, 0.6) is 0 Å². The van der Waals surface area contributed by atoms with E-state index >= 15 is 0 Å². The van der Waals surface area contributed by atoms with Gasteiger partial charge in [-0.25, -0.2) is 0 Å². The largest absolute Gasteiger partial charge is 0.346 e. The number of aromatic amines is 1. The van der Waals surface area contributed by atoms with Crippen LogP contribution in [0.4, 0.5) is 5.69 Å². The first-order valence-electron chi connectivity index (χ1n) is 13.5. The van der Waals surface area contributed by atoms with E-state index in [1.54, 1.807) is 30.5 Å². The summed E-state index contributed by atoms with van der Waals surface area (Å²) in [5.74, 6) is 0.206. The summed E-state index contributed by atoms with van der Waals surface area (Å²) in [4.78, 5) is 38.9. The van der Waals surface area contributed by atoms with Crippen molar-refractivity contribution >= 4 is 29.0 Å². The first-order chi connectivity index (χ1) is 18.4. The van der Waals surface area contributed by atoms with Crippen molar-refractivity contribution in [1.82, 2.24) is 19.7 Å². The second-order valence-corrected chi connectivity index (χ2v) is 10.1. The van der Waals surface area contributed by atoms with Gasteiger partial charge in [-0.1, -0.05) is 13.0 Å². The Morgan fingerprint density at radius 1 is 1.16 bits per heavy atom. The molecule has 0 spiro atoms. The lowest BCUT2D eigenvalue weighted by Gasteiger charge is -2.35. The van der Waals surface area contributed by atoms with Crippen molar-refractivity contribution in [2.75, 3.05) is 45.6 Å². The normalized spacial score (nSPS) is 17.2. The van der Waals surface area contributed by atoms with E-state index in [2.05, 4.69) is 33.3 Å². The standard InChI is InChI=1S/C29H39N7O2/c1-4-6-26(37)36-19-12-21(13-20-36)25-7-5-16-31-27(25)33-29(30)32-23-10-8-22(9-11-23)28(38)35(3)24-14-17-34(2)18-15-24/h5,7-12,16,24H,4,6,13-15,17-20H2,1-3H3,(H3,30,31,32,33). The van der Waals surface area contributed by atoms with Crippen molar-refractivity contribution in [2.45, 2.75) is 45.1 Å². The molecule has 0 aliphatic carbocycles. The summed E-state index contributed by atoms with van der Waals surface area (Å²) in [6, 6.07) is 11.4. The van der Waals surface area contributed by atoms with Gasteiger partial charge in [0.2, 0.25) is 11.9 Å². The molecule has 202 valence electrons. The lowest BCUT2D eigenvalue weighted by Crippen LogP contribution is -2.44. The van der Waals surface area contributed by atoms with Gasteiger partial charge in [0.25, 0.3) is 5.91 Å². The molecule has 1 aromatic carbocycles. The Balaban J connectivity index is 1.40. The number of benzene rings is 1. The van der Waals surface area contributed by atoms with Crippen molar-refractivity contribution in [2.24, 2.45) is 4.99 Å². The minimum Gasteiger partial charge on any atom is -0.346 e. The van der Waals surface area contributed by atoms with Gasteiger partial charge in [-0.15, -0.1) is 0 Å². The number of aromatic nitrogens is 1. The lowest BCUT2D eigenvalue weighted by atomic mass is 10.0. The number of H-pyrrole nitrogens is 1. The third-order valence-electron chi connectivity index (χ3n) is 7.38. The molecule has 1 saturated heterocycles. The van der Waals surface area contributed by atoms with E-state index in [0.717, 1.165) is 49.9 Å². The highest BCUT2D eigenvalue weighted by Gasteiger charge is 2.24. The summed E-state index contributed by atoms with van der Waals surface area (Å²) >= 11 is 0. The number of hydrogen-bond donors (Lipinski definition) is 3. The third-order valence-corrected chi connectivity index (χ3v) is 7.38. The van der Waals surface area contributed by atoms with Crippen molar-refractivity contribution in [3.63, 3.8) is 0 Å². The summed E-state index contributed by atoms with van der Waals surface area (Å²) < 4.78 is 0. The molecule has 2 aliphatic heterocycles. The van der Waals surface area contributed by atoms with Crippen LogP contribution in [0.25, 0.3) is 5.57 Å². The van der Waals surface area contributed by atoms with Gasteiger partial charge in [0, 0.05) is 55.6 Å². The van der Waals surface area contributed by atoms with Gasteiger partial charge < -0.3 is 25.0 Å². The number of hydrogen-bond acceptors (Lipinski definition) is 4. The average molecular weight is 518 g/mol. The molecule has 9 heteroatoms. The molecule has 3 N–H and O–H groups in total. The molecule has 2 aromatic rings. The summed E-state index contributed by atoms with van der Waals surface area (Å²) in [6.45, 7) is 5.31. The van der Waals surface area contributed by atoms with Gasteiger partial charge in [-0.3, -0.25) is 15.0 Å². The van der Waals surface area contributed by atoms with E-state index in [4.69, 9.17) is 5.41 Å². The maximum atomic E-state index is 13.0. The van der Waals surface area contributed by atoms with Gasteiger partial charge in [0.05, 0.1) is 0 Å². The van der Waals surface area contributed by atoms with E-state index in [1.807, 2.05) is 35.9 Å². The van der Waals surface area contributed by atoms with Crippen LogP contribution in [0.2, 0.25) is 0 Å². The molecule has 0 saturated carbocycles. The van der Waals surface area contributed by atoms with E-state index in [-0.39, 0.29) is 23.8 Å². The Labute approximate surface area is 224 Å². The van der Waals surface area contributed by atoms with Crippen LogP contribution in [-0.2, 0) is 4.79 Å². The summed E-state index contributed by atoms with van der Waals surface area (Å²) in [6.07, 6.45) is 8.02. The van der Waals surface area contributed by atoms with Crippen LogP contribution >= 0.6 is 0 Å². The monoisotopic (exact) mass is 517 g/mol. The Kier molecular flexibility index (Phi) is 9.12. The van der Waals surface area contributed by atoms with E-state index in [1.165, 1.54) is 0 Å². The Hall–Kier alpha value is -3.72. The average Bonchev–Trinajstić information content (AvgIpc) is 2.93. The number of nitrogens with one attached hydrogen (secondary N) is 3. The molecule has 0 bridgehead atoms. The zero-order valence-electron chi connectivity index (χ0n) is 22.7. The molecule has 2 aliphatic rings. The summed E-state index contributed by atoms with van der Waals surface area (Å²) in [7, 11) is 4.00. The molecule has 0 unspecified atom stereocenters. The number of nitrogens with zero attached hydrogens (tertiary/aromatic N) is 4. The van der Waals surface area contributed by atoms with Gasteiger partial charge in [-0.05, 0) is 87.8 Å². The van der Waals surface area contributed by atoms with Crippen molar-refractivity contribution in [1.29, 1.82) is 5.41 Å². The summed E-state index contributed by atoms with van der Waals surface area (Å²) in [5.41, 5.74) is 3.97. The fraction of sp³-hybridized carbons (Fsp3) is 0.448. The van der Waals surface area contributed by atoms with Crippen molar-refractivity contribution < 1.29 is 9.59 Å². The van der Waals surface area contributed by atoms with Crippen LogP contribution < -0.4 is 10.8 Å². The highest BCUT2D eigenvalue weighted by molar-refractivity contribution is 5.96. The van der Waals surface area contributed by atoms with Gasteiger partial charge in [0.1, 0.15) is 5.49 Å². The van der Waals surface area contributed by atoms with Crippen LogP contribution in [-0.4, -0.2) is 83.8 Å². The van der Waals surface area contributed by atoms with Crippen molar-refractivity contribution in [3.8, 4) is 0 Å². The van der Waals surface area contributed by atoms with E-state index in [9.17, 15) is 9.59 Å².